The summed E-state index contributed by atoms with van der Waals surface area (Å²) in [5, 5.41) is 9.98. The third-order valence-electron chi connectivity index (χ3n) is 11.8. The highest BCUT2D eigenvalue weighted by atomic mass is 16.3. The van der Waals surface area contributed by atoms with E-state index < -0.39 is 0 Å². The fourth-order valence-electron chi connectivity index (χ4n) is 8.81. The Morgan fingerprint density at radius 1 is 0.355 bits per heavy atom. The lowest BCUT2D eigenvalue weighted by Crippen LogP contribution is -1.98. The van der Waals surface area contributed by atoms with Crippen LogP contribution in [0.2, 0.25) is 0 Å². The third-order valence-corrected chi connectivity index (χ3v) is 11.8. The van der Waals surface area contributed by atoms with Gasteiger partial charge in [0.15, 0.2) is 5.82 Å². The molecule has 0 saturated carbocycles. The molecule has 0 saturated heterocycles. The molecular formula is C57H36N4O. The van der Waals surface area contributed by atoms with Gasteiger partial charge in [-0.2, -0.15) is 5.10 Å². The second-order valence-corrected chi connectivity index (χ2v) is 15.6. The van der Waals surface area contributed by atoms with E-state index >= 15 is 0 Å². The molecule has 0 aliphatic carbocycles. The number of fused-ring (bicyclic) bond motifs is 6. The van der Waals surface area contributed by atoms with Crippen molar-refractivity contribution >= 4 is 38.2 Å². The summed E-state index contributed by atoms with van der Waals surface area (Å²) < 4.78 is 8.36. The summed E-state index contributed by atoms with van der Waals surface area (Å²) in [5.74, 6) is 0.670. The predicted octanol–water partition coefficient (Wildman–Crippen LogP) is 14.8. The first-order valence-electron chi connectivity index (χ1n) is 20.8. The molecule has 290 valence electrons. The SMILES string of the molecule is c1ccc(-c2nc(-c3ccc(-c4ccc5c(c4)oc4ccccc45)cc3)cc(-c3cccc(-c4cc5ccccc5c5c(-c6ccccc6)c(-c6ccccc6)nn45)c3)n2)cc1. The zero-order chi connectivity index (χ0) is 41.0. The smallest absolute Gasteiger partial charge is 0.160 e. The third kappa shape index (κ3) is 6.14. The van der Waals surface area contributed by atoms with Crippen LogP contribution in [-0.4, -0.2) is 19.6 Å². The van der Waals surface area contributed by atoms with Gasteiger partial charge < -0.3 is 4.42 Å². The topological polar surface area (TPSA) is 56.2 Å². The maximum Gasteiger partial charge on any atom is 0.160 e. The van der Waals surface area contributed by atoms with Gasteiger partial charge in [-0.05, 0) is 58.5 Å². The molecule has 5 nitrogen and oxygen atoms in total. The number of hydrogen-bond donors (Lipinski definition) is 0. The van der Waals surface area contributed by atoms with Crippen molar-refractivity contribution in [1.29, 1.82) is 0 Å². The van der Waals surface area contributed by atoms with Gasteiger partial charge in [-0.25, -0.2) is 14.5 Å². The maximum absolute atomic E-state index is 6.22. The van der Waals surface area contributed by atoms with E-state index in [1.807, 2.05) is 30.3 Å². The van der Waals surface area contributed by atoms with Gasteiger partial charge in [0.1, 0.15) is 16.9 Å². The van der Waals surface area contributed by atoms with E-state index in [1.54, 1.807) is 0 Å². The molecule has 0 amide bonds. The lowest BCUT2D eigenvalue weighted by atomic mass is 9.96. The van der Waals surface area contributed by atoms with Crippen LogP contribution in [0.25, 0.3) is 117 Å². The predicted molar refractivity (Wildman–Crippen MR) is 254 cm³/mol. The average molecular weight is 793 g/mol. The number of nitrogens with zero attached hydrogens (tertiary/aromatic N) is 4. The summed E-state index contributed by atoms with van der Waals surface area (Å²) in [6, 6.07) is 76.2. The van der Waals surface area contributed by atoms with Crippen LogP contribution in [0.1, 0.15) is 0 Å². The second-order valence-electron chi connectivity index (χ2n) is 15.6. The van der Waals surface area contributed by atoms with Crippen LogP contribution in [-0.2, 0) is 0 Å². The number of pyridine rings is 1. The fraction of sp³-hybridized carbons (Fsp3) is 0. The Morgan fingerprint density at radius 2 is 0.935 bits per heavy atom. The van der Waals surface area contributed by atoms with Crippen molar-refractivity contribution in [3.8, 4) is 78.7 Å². The van der Waals surface area contributed by atoms with Crippen LogP contribution in [0.15, 0.2) is 223 Å². The average Bonchev–Trinajstić information content (AvgIpc) is 3.94. The highest BCUT2D eigenvalue weighted by molar-refractivity contribution is 6.09. The van der Waals surface area contributed by atoms with Crippen molar-refractivity contribution in [2.75, 3.05) is 0 Å². The largest absolute Gasteiger partial charge is 0.456 e. The molecule has 0 bridgehead atoms. The minimum atomic E-state index is 0.670. The molecule has 12 rings (SSSR count). The Kier molecular flexibility index (Phi) is 8.42. The second kappa shape index (κ2) is 14.7. The molecule has 8 aromatic carbocycles. The van der Waals surface area contributed by atoms with Gasteiger partial charge in [0, 0.05) is 49.5 Å². The molecule has 4 aromatic heterocycles. The molecule has 0 unspecified atom stereocenters. The number of aromatic nitrogens is 4. The number of rotatable bonds is 7. The zero-order valence-electron chi connectivity index (χ0n) is 33.5. The summed E-state index contributed by atoms with van der Waals surface area (Å²) in [6.07, 6.45) is 0. The Balaban J connectivity index is 0.990. The summed E-state index contributed by atoms with van der Waals surface area (Å²) in [5.41, 5.74) is 16.0. The standard InChI is InChI=1S/C57H36N4O/c1-4-15-39(16-5-1)54-55(40-17-6-2-7-18-40)60-61-51(34-43-21-10-11-24-46(43)56(54)61)45-23-14-22-44(33-45)50-36-49(58-57(59-50)41-19-8-3-9-20-41)38-29-27-37(28-30-38)42-31-32-48-47-25-12-13-26-52(47)62-53(48)35-42/h1-36H. The van der Waals surface area contributed by atoms with E-state index in [2.05, 4.69) is 193 Å². The number of furan rings is 1. The zero-order valence-corrected chi connectivity index (χ0v) is 33.5. The van der Waals surface area contributed by atoms with E-state index in [4.69, 9.17) is 19.5 Å². The van der Waals surface area contributed by atoms with E-state index in [0.29, 0.717) is 5.82 Å². The molecule has 0 atom stereocenters. The van der Waals surface area contributed by atoms with Crippen molar-refractivity contribution in [1.82, 2.24) is 19.6 Å². The summed E-state index contributed by atoms with van der Waals surface area (Å²) in [4.78, 5) is 10.4. The Hall–Kier alpha value is -8.41. The number of benzene rings is 8. The van der Waals surface area contributed by atoms with Gasteiger partial charge in [0.05, 0.1) is 22.6 Å². The summed E-state index contributed by atoms with van der Waals surface area (Å²) >= 11 is 0. The van der Waals surface area contributed by atoms with Gasteiger partial charge >= 0.3 is 0 Å². The van der Waals surface area contributed by atoms with Crippen molar-refractivity contribution < 1.29 is 4.42 Å². The van der Waals surface area contributed by atoms with E-state index in [1.165, 1.54) is 0 Å². The first kappa shape index (κ1) is 35.5. The van der Waals surface area contributed by atoms with Gasteiger partial charge in [0.25, 0.3) is 0 Å². The monoisotopic (exact) mass is 792 g/mol. The minimum Gasteiger partial charge on any atom is -0.456 e. The quantitative estimate of drug-likeness (QED) is 0.161. The highest BCUT2D eigenvalue weighted by Crippen LogP contribution is 2.41. The Labute approximate surface area is 357 Å². The molecule has 62 heavy (non-hydrogen) atoms. The molecule has 5 heteroatoms. The summed E-state index contributed by atoms with van der Waals surface area (Å²) in [7, 11) is 0. The van der Waals surface area contributed by atoms with Crippen LogP contribution in [0.3, 0.4) is 0 Å². The number of hydrogen-bond acceptors (Lipinski definition) is 4. The van der Waals surface area contributed by atoms with Crippen LogP contribution < -0.4 is 0 Å². The van der Waals surface area contributed by atoms with E-state index in [-0.39, 0.29) is 0 Å². The first-order chi connectivity index (χ1) is 30.7. The fourth-order valence-corrected chi connectivity index (χ4v) is 8.81. The van der Waals surface area contributed by atoms with Crippen LogP contribution in [0, 0.1) is 0 Å². The first-order valence-corrected chi connectivity index (χ1v) is 20.8. The normalized spacial score (nSPS) is 11.5. The van der Waals surface area contributed by atoms with Gasteiger partial charge in [0.2, 0.25) is 0 Å². The van der Waals surface area contributed by atoms with Crippen molar-refractivity contribution in [3.63, 3.8) is 0 Å². The molecule has 0 aliphatic rings. The molecule has 4 heterocycles. The van der Waals surface area contributed by atoms with E-state index in [9.17, 15) is 0 Å². The molecule has 0 fully saturated rings. The highest BCUT2D eigenvalue weighted by Gasteiger charge is 2.22. The molecular weight excluding hydrogens is 757 g/mol. The lowest BCUT2D eigenvalue weighted by Gasteiger charge is -2.13. The molecule has 0 aliphatic heterocycles. The van der Waals surface area contributed by atoms with Gasteiger partial charge in [-0.3, -0.25) is 0 Å². The van der Waals surface area contributed by atoms with Crippen molar-refractivity contribution in [2.24, 2.45) is 0 Å². The summed E-state index contributed by atoms with van der Waals surface area (Å²) in [6.45, 7) is 0. The molecule has 0 radical (unpaired) electrons. The maximum atomic E-state index is 6.22. The minimum absolute atomic E-state index is 0.670. The molecule has 0 spiro atoms. The van der Waals surface area contributed by atoms with Gasteiger partial charge in [-0.1, -0.05) is 182 Å². The Morgan fingerprint density at radius 3 is 1.71 bits per heavy atom. The molecule has 0 N–H and O–H groups in total. The lowest BCUT2D eigenvalue weighted by molar-refractivity contribution is 0.669. The van der Waals surface area contributed by atoms with Crippen LogP contribution in [0.4, 0.5) is 0 Å². The Bertz CT molecular complexity index is 3610. The van der Waals surface area contributed by atoms with Gasteiger partial charge in [-0.15, -0.1) is 0 Å². The molecule has 12 aromatic rings. The van der Waals surface area contributed by atoms with Crippen LogP contribution in [0.5, 0.6) is 0 Å². The number of para-hydroxylation sites is 1. The van der Waals surface area contributed by atoms with Crippen molar-refractivity contribution in [2.45, 2.75) is 0 Å². The van der Waals surface area contributed by atoms with E-state index in [0.717, 1.165) is 111 Å². The van der Waals surface area contributed by atoms with Crippen LogP contribution >= 0.6 is 0 Å². The van der Waals surface area contributed by atoms with Crippen molar-refractivity contribution in [3.05, 3.63) is 218 Å².